The summed E-state index contributed by atoms with van der Waals surface area (Å²) in [5.41, 5.74) is 13.4. The molecule has 2 heterocycles. The third-order valence-corrected chi connectivity index (χ3v) is 3.75. The molecular weight excluding hydrogens is 288 g/mol. The van der Waals surface area contributed by atoms with Crippen molar-refractivity contribution in [3.63, 3.8) is 0 Å². The second-order valence-corrected chi connectivity index (χ2v) is 5.24. The molecular formula is C13H12N6OS. The van der Waals surface area contributed by atoms with Gasteiger partial charge in [-0.05, 0) is 0 Å². The lowest BCUT2D eigenvalue weighted by atomic mass is 10.1. The summed E-state index contributed by atoms with van der Waals surface area (Å²) in [6, 6.07) is 11.5. The van der Waals surface area contributed by atoms with Crippen LogP contribution in [-0.4, -0.2) is 31.2 Å². The van der Waals surface area contributed by atoms with E-state index in [4.69, 9.17) is 11.5 Å². The standard InChI is InChI=1S/C13H12N6OS/c14-10(20)7-21-13-18-17-11-6-9(16-12(15)19(11)13)8-4-2-1-3-5-8/h1-6H,7H2,(H2,14,20)(H2,15,16). The third kappa shape index (κ3) is 2.65. The number of thioether (sulfide) groups is 1. The molecule has 0 unspecified atom stereocenters. The molecule has 2 aromatic heterocycles. The van der Waals surface area contributed by atoms with E-state index >= 15 is 0 Å². The van der Waals surface area contributed by atoms with E-state index in [2.05, 4.69) is 15.2 Å². The second kappa shape index (κ2) is 5.41. The first kappa shape index (κ1) is 13.4. The summed E-state index contributed by atoms with van der Waals surface area (Å²) in [5, 5.41) is 8.57. The van der Waals surface area contributed by atoms with Gasteiger partial charge in [0.05, 0.1) is 11.4 Å². The molecule has 0 aliphatic carbocycles. The predicted molar refractivity (Wildman–Crippen MR) is 80.5 cm³/mol. The van der Waals surface area contributed by atoms with Gasteiger partial charge in [0.25, 0.3) is 0 Å². The van der Waals surface area contributed by atoms with Gasteiger partial charge >= 0.3 is 0 Å². The number of hydrogen-bond acceptors (Lipinski definition) is 6. The van der Waals surface area contributed by atoms with E-state index in [9.17, 15) is 4.79 Å². The van der Waals surface area contributed by atoms with Crippen molar-refractivity contribution >= 4 is 29.3 Å². The molecule has 0 atom stereocenters. The smallest absolute Gasteiger partial charge is 0.227 e. The van der Waals surface area contributed by atoms with Crippen molar-refractivity contribution in [3.05, 3.63) is 36.4 Å². The quantitative estimate of drug-likeness (QED) is 0.694. The van der Waals surface area contributed by atoms with Gasteiger partial charge in [-0.15, -0.1) is 10.2 Å². The predicted octanol–water partition coefficient (Wildman–Crippen LogP) is 0.951. The maximum absolute atomic E-state index is 10.9. The van der Waals surface area contributed by atoms with Crippen LogP contribution in [0.2, 0.25) is 0 Å². The van der Waals surface area contributed by atoms with E-state index in [0.717, 1.165) is 11.3 Å². The number of carbonyl (C=O) groups is 1. The van der Waals surface area contributed by atoms with E-state index < -0.39 is 5.91 Å². The van der Waals surface area contributed by atoms with E-state index in [1.165, 1.54) is 11.8 Å². The van der Waals surface area contributed by atoms with Crippen LogP contribution in [-0.2, 0) is 4.79 Å². The number of hydrogen-bond donors (Lipinski definition) is 2. The van der Waals surface area contributed by atoms with Crippen LogP contribution < -0.4 is 11.5 Å². The average molecular weight is 300 g/mol. The SMILES string of the molecule is NC(=O)CSc1nnc2cc(-c3ccccc3)nc(N)n12. The molecule has 0 fully saturated rings. The van der Waals surface area contributed by atoms with E-state index in [-0.39, 0.29) is 11.7 Å². The van der Waals surface area contributed by atoms with Crippen LogP contribution in [0.25, 0.3) is 16.9 Å². The van der Waals surface area contributed by atoms with Crippen LogP contribution >= 0.6 is 11.8 Å². The summed E-state index contributed by atoms with van der Waals surface area (Å²) < 4.78 is 1.60. The summed E-state index contributed by atoms with van der Waals surface area (Å²) in [4.78, 5) is 15.2. The molecule has 3 aromatic rings. The number of primary amides is 1. The van der Waals surface area contributed by atoms with Crippen molar-refractivity contribution in [2.24, 2.45) is 5.73 Å². The molecule has 0 aliphatic rings. The zero-order chi connectivity index (χ0) is 14.8. The Balaban J connectivity index is 2.04. The van der Waals surface area contributed by atoms with Gasteiger partial charge < -0.3 is 11.5 Å². The lowest BCUT2D eigenvalue weighted by molar-refractivity contribution is -0.115. The van der Waals surface area contributed by atoms with Crippen molar-refractivity contribution in [1.29, 1.82) is 0 Å². The summed E-state index contributed by atoms with van der Waals surface area (Å²) in [6.45, 7) is 0. The molecule has 4 N–H and O–H groups in total. The molecule has 8 heteroatoms. The van der Waals surface area contributed by atoms with Crippen LogP contribution in [0.1, 0.15) is 0 Å². The minimum absolute atomic E-state index is 0.112. The van der Waals surface area contributed by atoms with Crippen molar-refractivity contribution in [2.75, 3.05) is 11.5 Å². The first-order valence-electron chi connectivity index (χ1n) is 6.13. The van der Waals surface area contributed by atoms with Gasteiger partial charge in [-0.1, -0.05) is 42.1 Å². The average Bonchev–Trinajstić information content (AvgIpc) is 2.89. The molecule has 0 bridgehead atoms. The number of rotatable bonds is 4. The lowest BCUT2D eigenvalue weighted by Gasteiger charge is -2.05. The number of fused-ring (bicyclic) bond motifs is 1. The summed E-state index contributed by atoms with van der Waals surface area (Å²) >= 11 is 1.18. The van der Waals surface area contributed by atoms with Gasteiger partial charge in [0.2, 0.25) is 11.9 Å². The van der Waals surface area contributed by atoms with Crippen LogP contribution in [0.4, 0.5) is 5.95 Å². The van der Waals surface area contributed by atoms with Crippen molar-refractivity contribution in [1.82, 2.24) is 19.6 Å². The fourth-order valence-corrected chi connectivity index (χ4v) is 2.59. The van der Waals surface area contributed by atoms with Crippen molar-refractivity contribution in [3.8, 4) is 11.3 Å². The normalized spacial score (nSPS) is 10.9. The van der Waals surface area contributed by atoms with Crippen molar-refractivity contribution < 1.29 is 4.79 Å². The van der Waals surface area contributed by atoms with E-state index in [0.29, 0.717) is 10.8 Å². The Bertz CT molecular complexity index is 801. The Morgan fingerprint density at radius 1 is 1.24 bits per heavy atom. The fourth-order valence-electron chi connectivity index (χ4n) is 1.90. The molecule has 0 spiro atoms. The maximum atomic E-state index is 10.9. The molecule has 0 aliphatic heterocycles. The van der Waals surface area contributed by atoms with Crippen LogP contribution in [0.15, 0.2) is 41.6 Å². The number of nitrogen functional groups attached to an aromatic ring is 1. The Labute approximate surface area is 124 Å². The largest absolute Gasteiger partial charge is 0.369 e. The molecule has 0 radical (unpaired) electrons. The number of anilines is 1. The van der Waals surface area contributed by atoms with Gasteiger partial charge in [0.15, 0.2) is 10.8 Å². The number of carbonyl (C=O) groups excluding carboxylic acids is 1. The molecule has 0 saturated carbocycles. The summed E-state index contributed by atoms with van der Waals surface area (Å²) in [6.07, 6.45) is 0. The molecule has 0 saturated heterocycles. The third-order valence-electron chi connectivity index (χ3n) is 2.80. The Morgan fingerprint density at radius 2 is 2.00 bits per heavy atom. The highest BCUT2D eigenvalue weighted by atomic mass is 32.2. The molecule has 106 valence electrons. The molecule has 21 heavy (non-hydrogen) atoms. The zero-order valence-corrected chi connectivity index (χ0v) is 11.7. The Hall–Kier alpha value is -2.61. The number of amides is 1. The van der Waals surface area contributed by atoms with E-state index in [1.807, 2.05) is 30.3 Å². The number of benzene rings is 1. The highest BCUT2D eigenvalue weighted by Crippen LogP contribution is 2.23. The van der Waals surface area contributed by atoms with Gasteiger partial charge in [0.1, 0.15) is 0 Å². The van der Waals surface area contributed by atoms with Gasteiger partial charge in [-0.25, -0.2) is 9.38 Å². The number of nitrogens with zero attached hydrogens (tertiary/aromatic N) is 4. The van der Waals surface area contributed by atoms with Gasteiger partial charge in [0, 0.05) is 11.6 Å². The molecule has 7 nitrogen and oxygen atoms in total. The van der Waals surface area contributed by atoms with Crippen LogP contribution in [0, 0.1) is 0 Å². The lowest BCUT2D eigenvalue weighted by Crippen LogP contribution is -2.13. The highest BCUT2D eigenvalue weighted by Gasteiger charge is 2.13. The Morgan fingerprint density at radius 3 is 2.71 bits per heavy atom. The fraction of sp³-hybridized carbons (Fsp3) is 0.0769. The first-order chi connectivity index (χ1) is 10.1. The van der Waals surface area contributed by atoms with Crippen LogP contribution in [0.3, 0.4) is 0 Å². The summed E-state index contributed by atoms with van der Waals surface area (Å²) in [5.74, 6) is -0.0479. The maximum Gasteiger partial charge on any atom is 0.227 e. The minimum atomic E-state index is -0.427. The minimum Gasteiger partial charge on any atom is -0.369 e. The Kier molecular flexibility index (Phi) is 3.44. The monoisotopic (exact) mass is 300 g/mol. The van der Waals surface area contributed by atoms with E-state index in [1.54, 1.807) is 10.5 Å². The zero-order valence-electron chi connectivity index (χ0n) is 10.9. The highest BCUT2D eigenvalue weighted by molar-refractivity contribution is 7.99. The van der Waals surface area contributed by atoms with Crippen molar-refractivity contribution in [2.45, 2.75) is 5.16 Å². The first-order valence-corrected chi connectivity index (χ1v) is 7.12. The van der Waals surface area contributed by atoms with Gasteiger partial charge in [-0.2, -0.15) is 0 Å². The molecule has 1 amide bonds. The molecule has 3 rings (SSSR count). The topological polar surface area (TPSA) is 112 Å². The number of nitrogens with two attached hydrogens (primary N) is 2. The summed E-state index contributed by atoms with van der Waals surface area (Å²) in [7, 11) is 0. The number of aromatic nitrogens is 4. The molecule has 1 aromatic carbocycles. The van der Waals surface area contributed by atoms with Gasteiger partial charge in [-0.3, -0.25) is 4.79 Å². The van der Waals surface area contributed by atoms with Crippen LogP contribution in [0.5, 0.6) is 0 Å². The second-order valence-electron chi connectivity index (χ2n) is 4.30.